The molecule has 2 amide bonds. The Labute approximate surface area is 127 Å². The minimum atomic E-state index is -0.559. The Kier molecular flexibility index (Phi) is 4.59. The van der Waals surface area contributed by atoms with Crippen LogP contribution in [0, 0.1) is 10.1 Å². The number of nitrogens with one attached hydrogen (secondary N) is 1. The fraction of sp³-hybridized carbons (Fsp3) is 0.429. The normalized spacial score (nSPS) is 14.8. The summed E-state index contributed by atoms with van der Waals surface area (Å²) in [4.78, 5) is 35.5. The predicted octanol–water partition coefficient (Wildman–Crippen LogP) is 1.23. The van der Waals surface area contributed by atoms with Gasteiger partial charge in [0, 0.05) is 18.2 Å². The molecule has 0 bridgehead atoms. The molecule has 1 unspecified atom stereocenters. The third-order valence-corrected chi connectivity index (χ3v) is 3.42. The first-order valence-corrected chi connectivity index (χ1v) is 6.93. The number of nitro groups is 1. The molecule has 1 heterocycles. The molecule has 1 aromatic rings. The van der Waals surface area contributed by atoms with Crippen LogP contribution in [0.2, 0.25) is 0 Å². The van der Waals surface area contributed by atoms with Crippen molar-refractivity contribution < 1.29 is 19.2 Å². The number of carbonyl (C=O) groups is 2. The fourth-order valence-electron chi connectivity index (χ4n) is 2.04. The number of ether oxygens (including phenoxy) is 1. The highest BCUT2D eigenvalue weighted by molar-refractivity contribution is 6.02. The maximum atomic E-state index is 12.0. The van der Waals surface area contributed by atoms with Gasteiger partial charge in [0.1, 0.15) is 12.3 Å². The summed E-state index contributed by atoms with van der Waals surface area (Å²) >= 11 is 0. The Balaban J connectivity index is 2.25. The summed E-state index contributed by atoms with van der Waals surface area (Å²) in [5.41, 5.74) is 0.0779. The van der Waals surface area contributed by atoms with Crippen LogP contribution in [0.15, 0.2) is 18.2 Å². The zero-order valence-corrected chi connectivity index (χ0v) is 12.4. The molecule has 8 nitrogen and oxygen atoms in total. The van der Waals surface area contributed by atoms with Crippen LogP contribution in [-0.2, 0) is 9.59 Å². The van der Waals surface area contributed by atoms with E-state index in [9.17, 15) is 19.7 Å². The molecular formula is C14H17N3O5. The van der Waals surface area contributed by atoms with E-state index in [2.05, 4.69) is 5.32 Å². The summed E-state index contributed by atoms with van der Waals surface area (Å²) < 4.78 is 5.24. The number of hydrogen-bond acceptors (Lipinski definition) is 5. The number of hydrogen-bond donors (Lipinski definition) is 1. The standard InChI is InChI=1S/C14H17N3O5/c1-3-9(2)15-13(18)7-16-11-6-10(17(20)21)4-5-12(11)22-8-14(16)19/h4-6,9H,3,7-8H2,1-2H3,(H,15,18). The van der Waals surface area contributed by atoms with E-state index in [4.69, 9.17) is 4.74 Å². The minimum Gasteiger partial charge on any atom is -0.482 e. The van der Waals surface area contributed by atoms with E-state index in [1.54, 1.807) is 0 Å². The second kappa shape index (κ2) is 6.42. The molecule has 0 aliphatic carbocycles. The third-order valence-electron chi connectivity index (χ3n) is 3.42. The molecule has 1 aromatic carbocycles. The highest BCUT2D eigenvalue weighted by Crippen LogP contribution is 2.35. The summed E-state index contributed by atoms with van der Waals surface area (Å²) in [5.74, 6) is -0.379. The average Bonchev–Trinajstić information content (AvgIpc) is 2.49. The topological polar surface area (TPSA) is 102 Å². The lowest BCUT2D eigenvalue weighted by atomic mass is 10.2. The number of fused-ring (bicyclic) bond motifs is 1. The second-order valence-corrected chi connectivity index (χ2v) is 5.05. The highest BCUT2D eigenvalue weighted by atomic mass is 16.6. The lowest BCUT2D eigenvalue weighted by Gasteiger charge is -2.29. The largest absolute Gasteiger partial charge is 0.482 e. The number of nitro benzene ring substituents is 1. The van der Waals surface area contributed by atoms with Crippen molar-refractivity contribution in [1.82, 2.24) is 5.32 Å². The van der Waals surface area contributed by atoms with Crippen molar-refractivity contribution in [3.63, 3.8) is 0 Å². The molecular weight excluding hydrogens is 290 g/mol. The first-order valence-electron chi connectivity index (χ1n) is 6.93. The minimum absolute atomic E-state index is 0.00628. The van der Waals surface area contributed by atoms with Gasteiger partial charge < -0.3 is 10.1 Å². The Morgan fingerprint density at radius 1 is 1.55 bits per heavy atom. The molecule has 0 aromatic heterocycles. The molecule has 1 aliphatic heterocycles. The van der Waals surface area contributed by atoms with Gasteiger partial charge in [-0.05, 0) is 19.4 Å². The summed E-state index contributed by atoms with van der Waals surface area (Å²) in [6.07, 6.45) is 0.769. The predicted molar refractivity (Wildman–Crippen MR) is 78.8 cm³/mol. The van der Waals surface area contributed by atoms with Gasteiger partial charge in [-0.3, -0.25) is 24.6 Å². The Morgan fingerprint density at radius 2 is 2.27 bits per heavy atom. The third kappa shape index (κ3) is 3.33. The number of benzene rings is 1. The molecule has 1 atom stereocenters. The molecule has 0 saturated heterocycles. The maximum absolute atomic E-state index is 12.0. The van der Waals surface area contributed by atoms with Crippen LogP contribution in [0.5, 0.6) is 5.75 Å². The van der Waals surface area contributed by atoms with Crippen molar-refractivity contribution in [3.8, 4) is 5.75 Å². The summed E-state index contributed by atoms with van der Waals surface area (Å²) in [6, 6.07) is 3.96. The van der Waals surface area contributed by atoms with Gasteiger partial charge in [-0.25, -0.2) is 0 Å². The quantitative estimate of drug-likeness (QED) is 0.651. The van der Waals surface area contributed by atoms with Gasteiger partial charge in [0.25, 0.3) is 11.6 Å². The van der Waals surface area contributed by atoms with Gasteiger partial charge in [0.05, 0.1) is 10.6 Å². The zero-order valence-electron chi connectivity index (χ0n) is 12.4. The first-order chi connectivity index (χ1) is 10.4. The maximum Gasteiger partial charge on any atom is 0.271 e. The van der Waals surface area contributed by atoms with Crippen LogP contribution in [0.1, 0.15) is 20.3 Å². The van der Waals surface area contributed by atoms with Gasteiger partial charge in [0.15, 0.2) is 6.61 Å². The van der Waals surface area contributed by atoms with E-state index in [0.717, 1.165) is 6.42 Å². The number of carbonyl (C=O) groups excluding carboxylic acids is 2. The van der Waals surface area contributed by atoms with E-state index in [0.29, 0.717) is 5.75 Å². The Bertz CT molecular complexity index is 616. The van der Waals surface area contributed by atoms with E-state index < -0.39 is 10.8 Å². The molecule has 2 rings (SSSR count). The number of amides is 2. The molecule has 1 aliphatic rings. The van der Waals surface area contributed by atoms with E-state index in [1.807, 2.05) is 13.8 Å². The van der Waals surface area contributed by atoms with Gasteiger partial charge in [-0.2, -0.15) is 0 Å². The zero-order chi connectivity index (χ0) is 16.3. The van der Waals surface area contributed by atoms with Crippen molar-refractivity contribution >= 4 is 23.2 Å². The molecule has 118 valence electrons. The van der Waals surface area contributed by atoms with E-state index >= 15 is 0 Å². The molecule has 0 spiro atoms. The molecule has 0 saturated carbocycles. The van der Waals surface area contributed by atoms with Crippen molar-refractivity contribution in [2.45, 2.75) is 26.3 Å². The van der Waals surface area contributed by atoms with E-state index in [1.165, 1.54) is 23.1 Å². The number of rotatable bonds is 5. The number of nitrogens with zero attached hydrogens (tertiary/aromatic N) is 2. The molecule has 8 heteroatoms. The van der Waals surface area contributed by atoms with Crippen LogP contribution >= 0.6 is 0 Å². The lowest BCUT2D eigenvalue weighted by molar-refractivity contribution is -0.384. The average molecular weight is 307 g/mol. The molecule has 1 N–H and O–H groups in total. The van der Waals surface area contributed by atoms with Crippen LogP contribution in [0.4, 0.5) is 11.4 Å². The van der Waals surface area contributed by atoms with Gasteiger partial charge in [-0.1, -0.05) is 6.92 Å². The fourth-order valence-corrected chi connectivity index (χ4v) is 2.04. The molecule has 0 radical (unpaired) electrons. The SMILES string of the molecule is CCC(C)NC(=O)CN1C(=O)COc2ccc([N+](=O)[O-])cc21. The Morgan fingerprint density at radius 3 is 2.91 bits per heavy atom. The smallest absolute Gasteiger partial charge is 0.271 e. The van der Waals surface area contributed by atoms with Crippen LogP contribution in [0.3, 0.4) is 0 Å². The second-order valence-electron chi connectivity index (χ2n) is 5.05. The summed E-state index contributed by atoms with van der Waals surface area (Å²) in [7, 11) is 0. The summed E-state index contributed by atoms with van der Waals surface area (Å²) in [5, 5.41) is 13.6. The van der Waals surface area contributed by atoms with E-state index in [-0.39, 0.29) is 36.5 Å². The van der Waals surface area contributed by atoms with Crippen LogP contribution in [-0.4, -0.2) is 35.9 Å². The molecule has 0 fully saturated rings. The first kappa shape index (κ1) is 15.7. The number of non-ortho nitro benzene ring substituents is 1. The highest BCUT2D eigenvalue weighted by Gasteiger charge is 2.29. The van der Waals surface area contributed by atoms with Gasteiger partial charge >= 0.3 is 0 Å². The van der Waals surface area contributed by atoms with Crippen molar-refractivity contribution in [3.05, 3.63) is 28.3 Å². The monoisotopic (exact) mass is 307 g/mol. The number of anilines is 1. The van der Waals surface area contributed by atoms with Crippen molar-refractivity contribution in [2.75, 3.05) is 18.1 Å². The molecule has 22 heavy (non-hydrogen) atoms. The van der Waals surface area contributed by atoms with Crippen LogP contribution < -0.4 is 15.0 Å². The van der Waals surface area contributed by atoms with Gasteiger partial charge in [-0.15, -0.1) is 0 Å². The lowest BCUT2D eigenvalue weighted by Crippen LogP contribution is -2.46. The van der Waals surface area contributed by atoms with Crippen molar-refractivity contribution in [1.29, 1.82) is 0 Å². The van der Waals surface area contributed by atoms with Crippen LogP contribution in [0.25, 0.3) is 0 Å². The Hall–Kier alpha value is -2.64. The summed E-state index contributed by atoms with van der Waals surface area (Å²) in [6.45, 7) is 3.41. The van der Waals surface area contributed by atoms with Crippen molar-refractivity contribution in [2.24, 2.45) is 0 Å². The van der Waals surface area contributed by atoms with Gasteiger partial charge in [0.2, 0.25) is 5.91 Å².